The third kappa shape index (κ3) is 3.77. The highest BCUT2D eigenvalue weighted by molar-refractivity contribution is 8.93. The van der Waals surface area contributed by atoms with Crippen molar-refractivity contribution in [3.8, 4) is 22.2 Å². The molecule has 26 heavy (non-hydrogen) atoms. The van der Waals surface area contributed by atoms with Crippen molar-refractivity contribution in [1.82, 2.24) is 20.1 Å². The molecule has 0 fully saturated rings. The van der Waals surface area contributed by atoms with E-state index >= 15 is 0 Å². The van der Waals surface area contributed by atoms with Crippen LogP contribution in [0.5, 0.6) is 0 Å². The zero-order valence-electron chi connectivity index (χ0n) is 14.2. The van der Waals surface area contributed by atoms with Crippen molar-refractivity contribution in [1.29, 1.82) is 0 Å². The highest BCUT2D eigenvalue weighted by Gasteiger charge is 2.26. The maximum absolute atomic E-state index is 4.71. The number of benzene rings is 2. The van der Waals surface area contributed by atoms with E-state index in [4.69, 9.17) is 4.98 Å². The molecule has 0 N–H and O–H groups in total. The van der Waals surface area contributed by atoms with Gasteiger partial charge in [0, 0.05) is 10.4 Å². The van der Waals surface area contributed by atoms with Crippen LogP contribution < -0.4 is 4.68 Å². The van der Waals surface area contributed by atoms with E-state index in [0.717, 1.165) is 27.9 Å². The molecule has 0 aliphatic heterocycles. The Morgan fingerprint density at radius 2 is 1.50 bits per heavy atom. The Hall–Kier alpha value is -1.90. The predicted molar refractivity (Wildman–Crippen MR) is 114 cm³/mol. The summed E-state index contributed by atoms with van der Waals surface area (Å²) in [6.07, 6.45) is 0. The Balaban J connectivity index is 0.00000121. The van der Waals surface area contributed by atoms with Crippen LogP contribution in [0.1, 0.15) is 10.6 Å². The molecule has 0 aliphatic carbocycles. The number of aryl methyl sites for hydroxylation is 2. The fraction of sp³-hybridized carbons (Fsp3) is 0.111. The van der Waals surface area contributed by atoms with Crippen LogP contribution in [0.3, 0.4) is 0 Å². The molecule has 0 unspecified atom stereocenters. The number of tetrazole rings is 1. The summed E-state index contributed by atoms with van der Waals surface area (Å²) in [4.78, 5) is 7.69. The Labute approximate surface area is 176 Å². The minimum Gasteiger partial charge on any atom is -0.127 e. The van der Waals surface area contributed by atoms with Gasteiger partial charge in [0.25, 0.3) is 0 Å². The summed E-state index contributed by atoms with van der Waals surface area (Å²) in [6.45, 7) is 4.10. The molecule has 0 saturated carbocycles. The molecule has 0 bridgehead atoms. The predicted octanol–water partition coefficient (Wildman–Crippen LogP) is 4.44. The lowest BCUT2D eigenvalue weighted by atomic mass is 10.2. The van der Waals surface area contributed by atoms with E-state index in [-0.39, 0.29) is 34.0 Å². The van der Waals surface area contributed by atoms with Gasteiger partial charge in [-0.05, 0) is 42.9 Å². The Bertz CT molecular complexity index is 907. The van der Waals surface area contributed by atoms with E-state index in [1.54, 1.807) is 16.1 Å². The molecule has 0 aliphatic rings. The van der Waals surface area contributed by atoms with Crippen LogP contribution in [-0.4, -0.2) is 20.1 Å². The summed E-state index contributed by atoms with van der Waals surface area (Å²) in [5.41, 5.74) is 2.98. The molecule has 0 amide bonds. The zero-order valence-corrected chi connectivity index (χ0v) is 18.5. The lowest BCUT2D eigenvalue weighted by Gasteiger charge is -2.02. The maximum atomic E-state index is 4.71. The average molecular weight is 496 g/mol. The van der Waals surface area contributed by atoms with Crippen LogP contribution in [0.4, 0.5) is 0 Å². The number of halogens is 2. The fourth-order valence-corrected chi connectivity index (χ4v) is 3.37. The van der Waals surface area contributed by atoms with Gasteiger partial charge >= 0.3 is 11.0 Å². The van der Waals surface area contributed by atoms with Crippen molar-refractivity contribution in [2.45, 2.75) is 13.8 Å². The number of para-hydroxylation sites is 1. The van der Waals surface area contributed by atoms with E-state index in [2.05, 4.69) is 17.2 Å². The first kappa shape index (κ1) is 20.4. The molecule has 0 saturated heterocycles. The van der Waals surface area contributed by atoms with E-state index in [9.17, 15) is 0 Å². The highest BCUT2D eigenvalue weighted by atomic mass is 79.9. The second kappa shape index (κ2) is 8.66. The molecule has 0 spiro atoms. The van der Waals surface area contributed by atoms with Gasteiger partial charge in [0.15, 0.2) is 0 Å². The number of thiazole rings is 1. The van der Waals surface area contributed by atoms with Gasteiger partial charge in [0.05, 0.1) is 5.10 Å². The van der Waals surface area contributed by atoms with Crippen molar-refractivity contribution < 1.29 is 4.68 Å². The molecule has 4 rings (SSSR count). The first-order valence-corrected chi connectivity index (χ1v) is 8.49. The lowest BCUT2D eigenvalue weighted by molar-refractivity contribution is -0.669. The van der Waals surface area contributed by atoms with Crippen LogP contribution in [-0.2, 0) is 0 Å². The molecule has 0 radical (unpaired) electrons. The number of rotatable bonds is 3. The van der Waals surface area contributed by atoms with Crippen molar-refractivity contribution in [2.75, 3.05) is 0 Å². The van der Waals surface area contributed by atoms with Gasteiger partial charge in [-0.15, -0.1) is 38.9 Å². The van der Waals surface area contributed by atoms with Crippen LogP contribution >= 0.6 is 45.3 Å². The second-order valence-electron chi connectivity index (χ2n) is 5.45. The molecule has 5 nitrogen and oxygen atoms in total. The minimum absolute atomic E-state index is 0. The summed E-state index contributed by atoms with van der Waals surface area (Å²) < 4.78 is 1.97. The molecule has 4 aromatic rings. The SMILES string of the molecule is Br.Br.Cc1nc(-[n+]2c(-c3ccccc3)nnn2-c2ccccc2)sc1C. The summed E-state index contributed by atoms with van der Waals surface area (Å²) >= 11 is 1.64. The van der Waals surface area contributed by atoms with Crippen LogP contribution in [0.2, 0.25) is 0 Å². The summed E-state index contributed by atoms with van der Waals surface area (Å²) in [5, 5.41) is 9.65. The summed E-state index contributed by atoms with van der Waals surface area (Å²) in [6, 6.07) is 20.0. The Morgan fingerprint density at radius 1 is 0.885 bits per heavy atom. The fourth-order valence-electron chi connectivity index (χ4n) is 2.47. The zero-order chi connectivity index (χ0) is 16.5. The van der Waals surface area contributed by atoms with Gasteiger partial charge < -0.3 is 0 Å². The Morgan fingerprint density at radius 3 is 2.08 bits per heavy atom. The molecule has 2 heterocycles. The highest BCUT2D eigenvalue weighted by Crippen LogP contribution is 2.20. The average Bonchev–Trinajstić information content (AvgIpc) is 3.20. The molecular formula is C18H18Br2N5S+. The third-order valence-electron chi connectivity index (χ3n) is 3.83. The molecular weight excluding hydrogens is 478 g/mol. The standard InChI is InChI=1S/C18H16N5S.2BrH/c1-13-14(2)24-18(19-13)22-17(15-9-5-3-6-10-15)20-21-23(22)16-11-7-4-8-12-16;;/h3-12H,1-2H3;2*1H/q+1;;. The first-order valence-electron chi connectivity index (χ1n) is 7.67. The first-order chi connectivity index (χ1) is 11.7. The lowest BCUT2D eigenvalue weighted by Crippen LogP contribution is -2.42. The largest absolute Gasteiger partial charge is 0.313 e. The molecule has 0 atom stereocenters. The minimum atomic E-state index is 0. The summed E-state index contributed by atoms with van der Waals surface area (Å²) in [5.74, 6) is 0.771. The molecule has 2 aromatic carbocycles. The quantitative estimate of drug-likeness (QED) is 0.395. The number of aromatic nitrogens is 5. The number of hydrogen-bond acceptors (Lipinski definition) is 4. The van der Waals surface area contributed by atoms with Gasteiger partial charge in [-0.25, -0.2) is 0 Å². The maximum Gasteiger partial charge on any atom is 0.313 e. The normalized spacial score (nSPS) is 10.1. The van der Waals surface area contributed by atoms with Gasteiger partial charge in [-0.2, -0.15) is 0 Å². The molecule has 8 heteroatoms. The van der Waals surface area contributed by atoms with Crippen LogP contribution in [0.15, 0.2) is 60.7 Å². The van der Waals surface area contributed by atoms with Crippen molar-refractivity contribution >= 4 is 45.3 Å². The van der Waals surface area contributed by atoms with Gasteiger partial charge in [-0.1, -0.05) is 52.4 Å². The van der Waals surface area contributed by atoms with E-state index in [1.165, 1.54) is 4.88 Å². The van der Waals surface area contributed by atoms with Crippen molar-refractivity contribution in [3.05, 3.63) is 71.2 Å². The topological polar surface area (TPSA) is 47.5 Å². The van der Waals surface area contributed by atoms with E-state index in [1.807, 2.05) is 72.3 Å². The second-order valence-corrected chi connectivity index (χ2v) is 6.64. The molecule has 2 aromatic heterocycles. The van der Waals surface area contributed by atoms with Gasteiger partial charge in [0.2, 0.25) is 0 Å². The van der Waals surface area contributed by atoms with Crippen LogP contribution in [0.25, 0.3) is 22.2 Å². The van der Waals surface area contributed by atoms with Crippen LogP contribution in [0, 0.1) is 13.8 Å². The monoisotopic (exact) mass is 494 g/mol. The number of hydrogen-bond donors (Lipinski definition) is 0. The summed E-state index contributed by atoms with van der Waals surface area (Å²) in [7, 11) is 0. The smallest absolute Gasteiger partial charge is 0.127 e. The number of nitrogens with zero attached hydrogens (tertiary/aromatic N) is 5. The van der Waals surface area contributed by atoms with Gasteiger partial charge in [-0.3, -0.25) is 0 Å². The third-order valence-corrected chi connectivity index (χ3v) is 4.88. The molecule has 134 valence electrons. The van der Waals surface area contributed by atoms with Crippen molar-refractivity contribution in [3.63, 3.8) is 0 Å². The van der Waals surface area contributed by atoms with E-state index < -0.39 is 0 Å². The van der Waals surface area contributed by atoms with Crippen molar-refractivity contribution in [2.24, 2.45) is 0 Å². The Kier molecular flexibility index (Phi) is 6.80. The van der Waals surface area contributed by atoms with Gasteiger partial charge in [0.1, 0.15) is 16.6 Å². The van der Waals surface area contributed by atoms with E-state index in [0.29, 0.717) is 0 Å².